The van der Waals surface area contributed by atoms with E-state index in [1.165, 1.54) is 0 Å². The summed E-state index contributed by atoms with van der Waals surface area (Å²) in [5.41, 5.74) is 0.661. The molecule has 1 aromatic heterocycles. The molecule has 2 saturated heterocycles. The van der Waals surface area contributed by atoms with E-state index < -0.39 is 0 Å². The molecular weight excluding hydrogens is 368 g/mol. The van der Waals surface area contributed by atoms with Gasteiger partial charge in [0.2, 0.25) is 0 Å². The van der Waals surface area contributed by atoms with Crippen molar-refractivity contribution < 1.29 is 9.53 Å². The van der Waals surface area contributed by atoms with Crippen LogP contribution < -0.4 is 14.5 Å². The van der Waals surface area contributed by atoms with Crippen LogP contribution in [-0.4, -0.2) is 92.4 Å². The molecule has 0 spiro atoms. The fraction of sp³-hybridized carbons (Fsp3) is 0.476. The third kappa shape index (κ3) is 4.42. The molecule has 2 aromatic rings. The molecule has 0 saturated carbocycles. The third-order valence-electron chi connectivity index (χ3n) is 5.67. The van der Waals surface area contributed by atoms with Crippen LogP contribution in [0.15, 0.2) is 36.4 Å². The lowest BCUT2D eigenvalue weighted by molar-refractivity contribution is 0.0746. The third-order valence-corrected chi connectivity index (χ3v) is 5.67. The number of amides is 1. The Morgan fingerprint density at radius 1 is 0.862 bits per heavy atom. The molecule has 8 nitrogen and oxygen atoms in total. The van der Waals surface area contributed by atoms with Gasteiger partial charge in [0.1, 0.15) is 5.75 Å². The molecule has 29 heavy (non-hydrogen) atoms. The van der Waals surface area contributed by atoms with Crippen molar-refractivity contribution in [3.05, 3.63) is 42.0 Å². The topological polar surface area (TPSA) is 65.0 Å². The lowest BCUT2D eigenvalue weighted by atomic mass is 10.1. The minimum Gasteiger partial charge on any atom is -0.497 e. The largest absolute Gasteiger partial charge is 0.497 e. The summed E-state index contributed by atoms with van der Waals surface area (Å²) in [5.74, 6) is 2.55. The number of rotatable bonds is 4. The molecule has 0 N–H and O–H groups in total. The average Bonchev–Trinajstić information content (AvgIpc) is 2.79. The van der Waals surface area contributed by atoms with Gasteiger partial charge in [-0.3, -0.25) is 4.79 Å². The Bertz CT molecular complexity index is 827. The van der Waals surface area contributed by atoms with Gasteiger partial charge in [0, 0.05) is 57.9 Å². The average molecular weight is 396 g/mol. The maximum absolute atomic E-state index is 12.8. The molecule has 154 valence electrons. The number of anilines is 2. The predicted octanol–water partition coefficient (Wildman–Crippen LogP) is 1.20. The minimum atomic E-state index is 0.0417. The van der Waals surface area contributed by atoms with E-state index in [1.54, 1.807) is 13.2 Å². The Labute approximate surface area is 171 Å². The predicted molar refractivity (Wildman–Crippen MR) is 113 cm³/mol. The van der Waals surface area contributed by atoms with Crippen LogP contribution in [0.25, 0.3) is 0 Å². The van der Waals surface area contributed by atoms with Gasteiger partial charge < -0.3 is 24.3 Å². The first-order valence-corrected chi connectivity index (χ1v) is 10.1. The van der Waals surface area contributed by atoms with Gasteiger partial charge in [-0.05, 0) is 37.4 Å². The number of benzene rings is 1. The Hall–Kier alpha value is -2.87. The summed E-state index contributed by atoms with van der Waals surface area (Å²) < 4.78 is 5.23. The molecule has 8 heteroatoms. The highest BCUT2D eigenvalue weighted by molar-refractivity contribution is 5.94. The van der Waals surface area contributed by atoms with Gasteiger partial charge in [0.15, 0.2) is 11.6 Å². The molecule has 2 fully saturated rings. The smallest absolute Gasteiger partial charge is 0.254 e. The molecule has 2 aliphatic heterocycles. The number of hydrogen-bond acceptors (Lipinski definition) is 7. The van der Waals surface area contributed by atoms with Gasteiger partial charge in [-0.2, -0.15) is 0 Å². The van der Waals surface area contributed by atoms with Crippen molar-refractivity contribution in [2.24, 2.45) is 0 Å². The molecule has 3 heterocycles. The summed E-state index contributed by atoms with van der Waals surface area (Å²) in [6, 6.07) is 11.4. The van der Waals surface area contributed by atoms with Crippen molar-refractivity contribution in [2.75, 3.05) is 76.3 Å². The fourth-order valence-electron chi connectivity index (χ4n) is 3.77. The van der Waals surface area contributed by atoms with Gasteiger partial charge in [0.05, 0.1) is 7.11 Å². The van der Waals surface area contributed by atoms with Crippen LogP contribution in [0.5, 0.6) is 5.75 Å². The Balaban J connectivity index is 1.34. The van der Waals surface area contributed by atoms with E-state index in [0.29, 0.717) is 24.4 Å². The first-order chi connectivity index (χ1) is 14.1. The lowest BCUT2D eigenvalue weighted by Gasteiger charge is -2.36. The van der Waals surface area contributed by atoms with E-state index in [0.717, 1.165) is 50.9 Å². The Morgan fingerprint density at radius 3 is 2.00 bits per heavy atom. The second-order valence-electron chi connectivity index (χ2n) is 7.55. The molecule has 0 unspecified atom stereocenters. The van der Waals surface area contributed by atoms with E-state index in [9.17, 15) is 4.79 Å². The van der Waals surface area contributed by atoms with E-state index in [4.69, 9.17) is 4.74 Å². The Kier molecular flexibility index (Phi) is 5.80. The SMILES string of the molecule is COc1cccc(C(=O)N2CCN(c3ccc(N4CCN(C)CC4)nn3)CC2)c1. The number of piperazine rings is 2. The van der Waals surface area contributed by atoms with Gasteiger partial charge in [-0.15, -0.1) is 10.2 Å². The number of methoxy groups -OCH3 is 1. The first-order valence-electron chi connectivity index (χ1n) is 10.1. The highest BCUT2D eigenvalue weighted by atomic mass is 16.5. The summed E-state index contributed by atoms with van der Waals surface area (Å²) in [4.78, 5) is 21.4. The molecule has 0 bridgehead atoms. The van der Waals surface area contributed by atoms with Crippen LogP contribution in [0, 0.1) is 0 Å². The van der Waals surface area contributed by atoms with Crippen molar-refractivity contribution in [1.82, 2.24) is 20.0 Å². The molecule has 4 rings (SSSR count). The number of hydrogen-bond donors (Lipinski definition) is 0. The summed E-state index contributed by atoms with van der Waals surface area (Å²) >= 11 is 0. The number of nitrogens with zero attached hydrogens (tertiary/aromatic N) is 6. The highest BCUT2D eigenvalue weighted by Gasteiger charge is 2.24. The van der Waals surface area contributed by atoms with Crippen LogP contribution in [0.3, 0.4) is 0 Å². The lowest BCUT2D eigenvalue weighted by Crippen LogP contribution is -2.49. The van der Waals surface area contributed by atoms with E-state index in [1.807, 2.05) is 29.2 Å². The zero-order valence-corrected chi connectivity index (χ0v) is 17.1. The summed E-state index contributed by atoms with van der Waals surface area (Å²) in [5, 5.41) is 8.89. The van der Waals surface area contributed by atoms with Crippen molar-refractivity contribution >= 4 is 17.5 Å². The van der Waals surface area contributed by atoms with Crippen LogP contribution in [0.4, 0.5) is 11.6 Å². The zero-order valence-electron chi connectivity index (χ0n) is 17.1. The van der Waals surface area contributed by atoms with Crippen LogP contribution >= 0.6 is 0 Å². The normalized spacial score (nSPS) is 18.1. The zero-order chi connectivity index (χ0) is 20.2. The second-order valence-corrected chi connectivity index (χ2v) is 7.55. The van der Waals surface area contributed by atoms with Crippen LogP contribution in [0.1, 0.15) is 10.4 Å². The van der Waals surface area contributed by atoms with E-state index >= 15 is 0 Å². The monoisotopic (exact) mass is 396 g/mol. The van der Waals surface area contributed by atoms with Gasteiger partial charge in [0.25, 0.3) is 5.91 Å². The van der Waals surface area contributed by atoms with E-state index in [2.05, 4.69) is 38.0 Å². The van der Waals surface area contributed by atoms with E-state index in [-0.39, 0.29) is 5.91 Å². The maximum Gasteiger partial charge on any atom is 0.254 e. The number of ether oxygens (including phenoxy) is 1. The summed E-state index contributed by atoms with van der Waals surface area (Å²) in [6.45, 7) is 6.89. The van der Waals surface area contributed by atoms with Crippen LogP contribution in [-0.2, 0) is 0 Å². The van der Waals surface area contributed by atoms with Gasteiger partial charge in [-0.1, -0.05) is 6.07 Å². The quantitative estimate of drug-likeness (QED) is 0.769. The van der Waals surface area contributed by atoms with Crippen molar-refractivity contribution in [3.63, 3.8) is 0 Å². The highest BCUT2D eigenvalue weighted by Crippen LogP contribution is 2.19. The molecule has 0 atom stereocenters. The summed E-state index contributed by atoms with van der Waals surface area (Å²) in [6.07, 6.45) is 0. The number of aromatic nitrogens is 2. The Morgan fingerprint density at radius 2 is 1.45 bits per heavy atom. The molecule has 0 aliphatic carbocycles. The molecule has 2 aliphatic rings. The second kappa shape index (κ2) is 8.65. The van der Waals surface area contributed by atoms with Crippen molar-refractivity contribution in [1.29, 1.82) is 0 Å². The molecular formula is C21H28N6O2. The number of likely N-dealkylation sites (N-methyl/N-ethyl adjacent to an activating group) is 1. The van der Waals surface area contributed by atoms with Crippen molar-refractivity contribution in [2.45, 2.75) is 0 Å². The number of carbonyl (C=O) groups is 1. The van der Waals surface area contributed by atoms with Gasteiger partial charge >= 0.3 is 0 Å². The van der Waals surface area contributed by atoms with Crippen molar-refractivity contribution in [3.8, 4) is 5.75 Å². The first kappa shape index (κ1) is 19.4. The molecule has 0 radical (unpaired) electrons. The molecule has 1 aromatic carbocycles. The fourth-order valence-corrected chi connectivity index (χ4v) is 3.77. The van der Waals surface area contributed by atoms with Crippen LogP contribution in [0.2, 0.25) is 0 Å². The maximum atomic E-state index is 12.8. The number of carbonyl (C=O) groups excluding carboxylic acids is 1. The summed E-state index contributed by atoms with van der Waals surface area (Å²) in [7, 11) is 3.75. The van der Waals surface area contributed by atoms with Gasteiger partial charge in [-0.25, -0.2) is 0 Å². The molecule has 1 amide bonds. The standard InChI is InChI=1S/C21H28N6O2/c1-24-8-10-25(11-9-24)19-6-7-20(23-22-19)26-12-14-27(15-13-26)21(28)17-4-3-5-18(16-17)29-2/h3-7,16H,8-15H2,1-2H3. The minimum absolute atomic E-state index is 0.0417.